The van der Waals surface area contributed by atoms with E-state index in [9.17, 15) is 4.79 Å². The highest BCUT2D eigenvalue weighted by atomic mass is 35.5. The molecule has 4 aromatic rings. The van der Waals surface area contributed by atoms with Crippen LogP contribution >= 0.6 is 11.6 Å². The summed E-state index contributed by atoms with van der Waals surface area (Å²) in [5.74, 6) is 0.742. The zero-order valence-electron chi connectivity index (χ0n) is 16.2. The molecule has 0 amide bonds. The first-order valence-electron chi connectivity index (χ1n) is 9.65. The Bertz CT molecular complexity index is 1300. The number of pyridine rings is 3. The molecule has 2 N–H and O–H groups in total. The van der Waals surface area contributed by atoms with Crippen LogP contribution in [0.25, 0.3) is 33.3 Å². The molecule has 8 heteroatoms. The van der Waals surface area contributed by atoms with Crippen LogP contribution in [0.2, 0.25) is 5.15 Å². The molecule has 7 nitrogen and oxygen atoms in total. The maximum atomic E-state index is 12.8. The minimum absolute atomic E-state index is 0.201. The number of hydrogen-bond donors (Lipinski definition) is 2. The molecule has 0 radical (unpaired) electrons. The van der Waals surface area contributed by atoms with Crippen LogP contribution in [0.3, 0.4) is 0 Å². The molecule has 1 aliphatic heterocycles. The Morgan fingerprint density at radius 2 is 1.83 bits per heavy atom. The van der Waals surface area contributed by atoms with E-state index in [-0.39, 0.29) is 11.5 Å². The molecule has 5 heterocycles. The van der Waals surface area contributed by atoms with Crippen molar-refractivity contribution in [3.8, 4) is 11.4 Å². The average molecular weight is 410 g/mol. The Labute approximate surface area is 171 Å². The Hall–Kier alpha value is -2.77. The van der Waals surface area contributed by atoms with Gasteiger partial charge >= 0.3 is 0 Å². The summed E-state index contributed by atoms with van der Waals surface area (Å²) in [7, 11) is 0. The molecule has 0 bridgehead atoms. The van der Waals surface area contributed by atoms with Gasteiger partial charge in [0.15, 0.2) is 0 Å². The molecule has 1 saturated heterocycles. The average Bonchev–Trinajstić information content (AvgIpc) is 3.11. The molecule has 4 aromatic heterocycles. The van der Waals surface area contributed by atoms with E-state index in [4.69, 9.17) is 21.3 Å². The third kappa shape index (κ3) is 3.20. The van der Waals surface area contributed by atoms with E-state index in [0.29, 0.717) is 29.8 Å². The van der Waals surface area contributed by atoms with E-state index in [1.54, 1.807) is 6.07 Å². The van der Waals surface area contributed by atoms with Crippen molar-refractivity contribution < 1.29 is 4.74 Å². The van der Waals surface area contributed by atoms with Gasteiger partial charge in [0.25, 0.3) is 5.56 Å². The van der Waals surface area contributed by atoms with Crippen molar-refractivity contribution in [2.45, 2.75) is 32.6 Å². The van der Waals surface area contributed by atoms with Crippen molar-refractivity contribution in [1.82, 2.24) is 24.9 Å². The lowest BCUT2D eigenvalue weighted by Gasteiger charge is -2.21. The number of H-pyrrole nitrogens is 2. The Kier molecular flexibility index (Phi) is 4.37. The number of ether oxygens (including phenoxy) is 1. The zero-order valence-corrected chi connectivity index (χ0v) is 16.9. The fraction of sp³-hybridized carbons (Fsp3) is 0.333. The van der Waals surface area contributed by atoms with Gasteiger partial charge in [-0.15, -0.1) is 0 Å². The predicted molar refractivity (Wildman–Crippen MR) is 113 cm³/mol. The lowest BCUT2D eigenvalue weighted by molar-refractivity contribution is 0.0848. The second kappa shape index (κ2) is 6.93. The second-order valence-corrected chi connectivity index (χ2v) is 7.91. The molecule has 0 atom stereocenters. The Balaban J connectivity index is 1.70. The van der Waals surface area contributed by atoms with Gasteiger partial charge in [0.1, 0.15) is 16.5 Å². The van der Waals surface area contributed by atoms with E-state index >= 15 is 0 Å². The molecule has 0 saturated carbocycles. The van der Waals surface area contributed by atoms with Gasteiger partial charge in [0, 0.05) is 42.0 Å². The summed E-state index contributed by atoms with van der Waals surface area (Å²) in [5, 5.41) is 1.31. The summed E-state index contributed by atoms with van der Waals surface area (Å²) in [6.07, 6.45) is 1.76. The van der Waals surface area contributed by atoms with Crippen LogP contribution in [0.15, 0.2) is 23.0 Å². The van der Waals surface area contributed by atoms with E-state index < -0.39 is 0 Å². The number of imidazole rings is 1. The molecule has 1 aliphatic rings. The van der Waals surface area contributed by atoms with Crippen LogP contribution in [-0.2, 0) is 4.74 Å². The molecule has 148 valence electrons. The highest BCUT2D eigenvalue weighted by Gasteiger charge is 2.23. The molecule has 29 heavy (non-hydrogen) atoms. The van der Waals surface area contributed by atoms with E-state index in [2.05, 4.69) is 19.9 Å². The molecule has 0 spiro atoms. The van der Waals surface area contributed by atoms with Crippen molar-refractivity contribution in [1.29, 1.82) is 0 Å². The minimum atomic E-state index is -0.201. The normalized spacial score (nSPS) is 15.4. The maximum Gasteiger partial charge on any atom is 0.259 e. The number of aromatic amines is 2. The number of aryl methyl sites for hydroxylation is 2. The third-order valence-electron chi connectivity index (χ3n) is 5.49. The topological polar surface area (TPSA) is 96.5 Å². The number of fused-ring (bicyclic) bond motifs is 2. The fourth-order valence-corrected chi connectivity index (χ4v) is 4.29. The molecule has 1 fully saturated rings. The SMILES string of the molecule is Cc1cc2[nH]c(=O)c(-c3nc4c(C5CCOCC5)nc(Cl)cc4[nH]3)cc2c(C)n1. The van der Waals surface area contributed by atoms with Crippen LogP contribution in [0, 0.1) is 13.8 Å². The van der Waals surface area contributed by atoms with Crippen LogP contribution < -0.4 is 5.56 Å². The first-order valence-corrected chi connectivity index (χ1v) is 10.0. The standard InChI is InChI=1S/C21H20ClN5O2/c1-10-7-15-13(11(2)23-10)8-14(21(28)25-15)20-24-16-9-17(22)26-18(19(16)27-20)12-3-5-29-6-4-12/h7-9,12H,3-6H2,1-2H3,(H,24,27)(H,25,28). The largest absolute Gasteiger partial charge is 0.381 e. The van der Waals surface area contributed by atoms with Crippen LogP contribution in [0.4, 0.5) is 0 Å². The van der Waals surface area contributed by atoms with Crippen molar-refractivity contribution in [3.05, 3.63) is 50.8 Å². The fourth-order valence-electron chi connectivity index (χ4n) is 4.09. The smallest absolute Gasteiger partial charge is 0.259 e. The maximum absolute atomic E-state index is 12.8. The third-order valence-corrected chi connectivity index (χ3v) is 5.68. The van der Waals surface area contributed by atoms with Gasteiger partial charge < -0.3 is 14.7 Å². The summed E-state index contributed by atoms with van der Waals surface area (Å²) >= 11 is 6.28. The zero-order chi connectivity index (χ0) is 20.1. The Morgan fingerprint density at radius 1 is 1.03 bits per heavy atom. The quantitative estimate of drug-likeness (QED) is 0.487. The summed E-state index contributed by atoms with van der Waals surface area (Å²) in [4.78, 5) is 32.8. The van der Waals surface area contributed by atoms with Gasteiger partial charge in [-0.3, -0.25) is 9.78 Å². The Morgan fingerprint density at radius 3 is 2.62 bits per heavy atom. The first-order chi connectivity index (χ1) is 14.0. The van der Waals surface area contributed by atoms with Gasteiger partial charge in [-0.05, 0) is 38.8 Å². The van der Waals surface area contributed by atoms with E-state index in [1.165, 1.54) is 0 Å². The minimum Gasteiger partial charge on any atom is -0.381 e. The number of nitrogens with zero attached hydrogens (tertiary/aromatic N) is 3. The van der Waals surface area contributed by atoms with Crippen molar-refractivity contribution >= 4 is 33.5 Å². The number of rotatable bonds is 2. The van der Waals surface area contributed by atoms with Crippen LogP contribution in [-0.4, -0.2) is 38.1 Å². The molecule has 0 aliphatic carbocycles. The molecular formula is C21H20ClN5O2. The second-order valence-electron chi connectivity index (χ2n) is 7.52. The monoisotopic (exact) mass is 409 g/mol. The van der Waals surface area contributed by atoms with E-state index in [0.717, 1.165) is 51.9 Å². The molecule has 5 rings (SSSR count). The molecule has 0 unspecified atom stereocenters. The number of halogens is 1. The summed E-state index contributed by atoms with van der Waals surface area (Å²) in [5.41, 5.74) is 5.17. The number of nitrogens with one attached hydrogen (secondary N) is 2. The van der Waals surface area contributed by atoms with Crippen LogP contribution in [0.5, 0.6) is 0 Å². The summed E-state index contributed by atoms with van der Waals surface area (Å²) in [6, 6.07) is 5.47. The number of aromatic nitrogens is 5. The van der Waals surface area contributed by atoms with Gasteiger partial charge in [0.05, 0.1) is 22.3 Å². The predicted octanol–water partition coefficient (Wildman–Crippen LogP) is 4.03. The summed E-state index contributed by atoms with van der Waals surface area (Å²) in [6.45, 7) is 5.25. The van der Waals surface area contributed by atoms with Gasteiger partial charge in [-0.1, -0.05) is 11.6 Å². The van der Waals surface area contributed by atoms with Gasteiger partial charge in [0.2, 0.25) is 0 Å². The highest BCUT2D eigenvalue weighted by molar-refractivity contribution is 6.30. The highest BCUT2D eigenvalue weighted by Crippen LogP contribution is 2.33. The van der Waals surface area contributed by atoms with E-state index in [1.807, 2.05) is 26.0 Å². The molecular weight excluding hydrogens is 390 g/mol. The van der Waals surface area contributed by atoms with Crippen LogP contribution in [0.1, 0.15) is 35.8 Å². The lowest BCUT2D eigenvalue weighted by atomic mass is 9.95. The number of hydrogen-bond acceptors (Lipinski definition) is 5. The summed E-state index contributed by atoms with van der Waals surface area (Å²) < 4.78 is 5.47. The van der Waals surface area contributed by atoms with Crippen molar-refractivity contribution in [2.75, 3.05) is 13.2 Å². The van der Waals surface area contributed by atoms with Crippen molar-refractivity contribution in [3.63, 3.8) is 0 Å². The van der Waals surface area contributed by atoms with Crippen molar-refractivity contribution in [2.24, 2.45) is 0 Å². The first kappa shape index (κ1) is 18.3. The molecule has 0 aromatic carbocycles. The lowest BCUT2D eigenvalue weighted by Crippen LogP contribution is -2.15. The van der Waals surface area contributed by atoms with Gasteiger partial charge in [-0.2, -0.15) is 0 Å². The van der Waals surface area contributed by atoms with Gasteiger partial charge in [-0.25, -0.2) is 9.97 Å².